The van der Waals surface area contributed by atoms with Gasteiger partial charge >= 0.3 is 0 Å². The minimum atomic E-state index is 0.402. The van der Waals surface area contributed by atoms with Gasteiger partial charge in [0.05, 0.1) is 18.1 Å². The second kappa shape index (κ2) is 5.77. The van der Waals surface area contributed by atoms with Gasteiger partial charge in [0.25, 0.3) is 0 Å². The van der Waals surface area contributed by atoms with Crippen LogP contribution in [0.5, 0.6) is 5.75 Å². The zero-order valence-electron chi connectivity index (χ0n) is 10.1. The maximum atomic E-state index is 5.68. The monoisotopic (exact) mass is 242 g/mol. The van der Waals surface area contributed by atoms with E-state index in [1.54, 1.807) is 24.8 Å². The van der Waals surface area contributed by atoms with E-state index in [1.165, 1.54) is 0 Å². The summed E-state index contributed by atoms with van der Waals surface area (Å²) in [4.78, 5) is 8.13. The number of rotatable bonds is 4. The Bertz CT molecular complexity index is 540. The molecule has 2 aromatic rings. The largest absolute Gasteiger partial charge is 0.487 e. The summed E-state index contributed by atoms with van der Waals surface area (Å²) in [5.74, 6) is 5.92. The molecule has 0 atom stereocenters. The number of hydrogen-bond acceptors (Lipinski definition) is 5. The van der Waals surface area contributed by atoms with Crippen LogP contribution in [0, 0.1) is 6.92 Å². The van der Waals surface area contributed by atoms with Crippen LogP contribution in [0.3, 0.4) is 0 Å². The molecular formula is C13H14N4O. The van der Waals surface area contributed by atoms with Crippen LogP contribution < -0.4 is 10.6 Å². The molecule has 2 N–H and O–H groups in total. The molecule has 0 amide bonds. The van der Waals surface area contributed by atoms with Gasteiger partial charge in [0, 0.05) is 12.4 Å². The molecule has 1 aromatic carbocycles. The van der Waals surface area contributed by atoms with Crippen molar-refractivity contribution in [3.8, 4) is 5.75 Å². The lowest BCUT2D eigenvalue weighted by Gasteiger charge is -2.08. The number of hydrogen-bond donors (Lipinski definition) is 1. The molecule has 1 heterocycles. The standard InChI is InChI=1S/C13H14N4O/c1-10-6-11(7-17-14)2-3-13(10)18-9-12-8-15-4-5-16-12/h2-8H,9,14H2,1H3. The third kappa shape index (κ3) is 3.04. The highest BCUT2D eigenvalue weighted by Gasteiger charge is 2.01. The van der Waals surface area contributed by atoms with E-state index in [1.807, 2.05) is 25.1 Å². The average Bonchev–Trinajstić information content (AvgIpc) is 2.39. The Labute approximate surface area is 105 Å². The Morgan fingerprint density at radius 3 is 2.94 bits per heavy atom. The summed E-state index contributed by atoms with van der Waals surface area (Å²) in [6.45, 7) is 2.37. The topological polar surface area (TPSA) is 73.4 Å². The van der Waals surface area contributed by atoms with Gasteiger partial charge in [-0.3, -0.25) is 9.97 Å². The van der Waals surface area contributed by atoms with Crippen LogP contribution in [0.1, 0.15) is 16.8 Å². The fourth-order valence-corrected chi connectivity index (χ4v) is 1.56. The highest BCUT2D eigenvalue weighted by molar-refractivity contribution is 5.80. The van der Waals surface area contributed by atoms with Crippen molar-refractivity contribution in [2.75, 3.05) is 0 Å². The quantitative estimate of drug-likeness (QED) is 0.502. The first kappa shape index (κ1) is 12.0. The zero-order chi connectivity index (χ0) is 12.8. The number of aryl methyl sites for hydroxylation is 1. The molecule has 0 radical (unpaired) electrons. The number of hydrazone groups is 1. The molecule has 0 saturated heterocycles. The third-order valence-corrected chi connectivity index (χ3v) is 2.41. The molecule has 0 aliphatic carbocycles. The highest BCUT2D eigenvalue weighted by Crippen LogP contribution is 2.19. The van der Waals surface area contributed by atoms with Crippen molar-refractivity contribution in [2.45, 2.75) is 13.5 Å². The molecule has 18 heavy (non-hydrogen) atoms. The minimum absolute atomic E-state index is 0.402. The van der Waals surface area contributed by atoms with Crippen molar-refractivity contribution in [3.05, 3.63) is 53.6 Å². The predicted octanol–water partition coefficient (Wildman–Crippen LogP) is 1.66. The minimum Gasteiger partial charge on any atom is -0.487 e. The Morgan fingerprint density at radius 1 is 1.39 bits per heavy atom. The number of nitrogens with two attached hydrogens (primary N) is 1. The molecule has 0 fully saturated rings. The van der Waals surface area contributed by atoms with Crippen LogP contribution in [0.4, 0.5) is 0 Å². The van der Waals surface area contributed by atoms with Gasteiger partial charge in [-0.15, -0.1) is 0 Å². The lowest BCUT2D eigenvalue weighted by molar-refractivity contribution is 0.298. The molecule has 5 heteroatoms. The van der Waals surface area contributed by atoms with E-state index in [0.29, 0.717) is 6.61 Å². The predicted molar refractivity (Wildman–Crippen MR) is 69.3 cm³/mol. The van der Waals surface area contributed by atoms with E-state index in [0.717, 1.165) is 22.6 Å². The molecule has 0 aliphatic heterocycles. The van der Waals surface area contributed by atoms with Gasteiger partial charge in [-0.25, -0.2) is 0 Å². The van der Waals surface area contributed by atoms with Crippen LogP contribution in [0.15, 0.2) is 41.9 Å². The summed E-state index contributed by atoms with van der Waals surface area (Å²) in [6.07, 6.45) is 6.56. The van der Waals surface area contributed by atoms with Gasteiger partial charge < -0.3 is 10.6 Å². The van der Waals surface area contributed by atoms with Crippen molar-refractivity contribution >= 4 is 6.21 Å². The molecule has 0 aliphatic rings. The van der Waals surface area contributed by atoms with E-state index in [2.05, 4.69) is 15.1 Å². The maximum Gasteiger partial charge on any atom is 0.132 e. The van der Waals surface area contributed by atoms with Gasteiger partial charge in [-0.2, -0.15) is 5.10 Å². The summed E-state index contributed by atoms with van der Waals surface area (Å²) in [5, 5.41) is 3.49. The second-order valence-corrected chi connectivity index (χ2v) is 3.79. The lowest BCUT2D eigenvalue weighted by atomic mass is 10.1. The molecule has 1 aromatic heterocycles. The third-order valence-electron chi connectivity index (χ3n) is 2.41. The van der Waals surface area contributed by atoms with E-state index in [4.69, 9.17) is 10.6 Å². The summed E-state index contributed by atoms with van der Waals surface area (Å²) < 4.78 is 5.68. The fourth-order valence-electron chi connectivity index (χ4n) is 1.56. The molecule has 0 spiro atoms. The second-order valence-electron chi connectivity index (χ2n) is 3.79. The number of benzene rings is 1. The number of nitrogens with zero attached hydrogens (tertiary/aromatic N) is 3. The van der Waals surface area contributed by atoms with Gasteiger partial charge in [0.1, 0.15) is 12.4 Å². The SMILES string of the molecule is Cc1cc(C=NN)ccc1OCc1cnccn1. The Kier molecular flexibility index (Phi) is 3.86. The number of ether oxygens (including phenoxy) is 1. The van der Waals surface area contributed by atoms with Gasteiger partial charge in [-0.1, -0.05) is 0 Å². The van der Waals surface area contributed by atoms with Crippen molar-refractivity contribution < 1.29 is 4.74 Å². The van der Waals surface area contributed by atoms with E-state index in [-0.39, 0.29) is 0 Å². The van der Waals surface area contributed by atoms with Crippen molar-refractivity contribution in [1.82, 2.24) is 9.97 Å². The van der Waals surface area contributed by atoms with Gasteiger partial charge in [0.2, 0.25) is 0 Å². The molecule has 5 nitrogen and oxygen atoms in total. The van der Waals surface area contributed by atoms with Crippen LogP contribution in [-0.2, 0) is 6.61 Å². The maximum absolute atomic E-state index is 5.68. The summed E-state index contributed by atoms with van der Waals surface area (Å²) in [6, 6.07) is 5.75. The fraction of sp³-hybridized carbons (Fsp3) is 0.154. The Morgan fingerprint density at radius 2 is 2.28 bits per heavy atom. The highest BCUT2D eigenvalue weighted by atomic mass is 16.5. The first-order valence-electron chi connectivity index (χ1n) is 5.51. The number of aromatic nitrogens is 2. The van der Waals surface area contributed by atoms with Crippen molar-refractivity contribution in [2.24, 2.45) is 10.9 Å². The van der Waals surface area contributed by atoms with Crippen LogP contribution in [0.2, 0.25) is 0 Å². The van der Waals surface area contributed by atoms with Crippen LogP contribution >= 0.6 is 0 Å². The molecule has 2 rings (SSSR count). The molecule has 0 unspecified atom stereocenters. The summed E-state index contributed by atoms with van der Waals surface area (Å²) in [5.41, 5.74) is 2.77. The first-order valence-corrected chi connectivity index (χ1v) is 5.51. The van der Waals surface area contributed by atoms with E-state index < -0.39 is 0 Å². The summed E-state index contributed by atoms with van der Waals surface area (Å²) in [7, 11) is 0. The van der Waals surface area contributed by atoms with Crippen LogP contribution in [-0.4, -0.2) is 16.2 Å². The normalized spacial score (nSPS) is 10.7. The van der Waals surface area contributed by atoms with Crippen molar-refractivity contribution in [3.63, 3.8) is 0 Å². The smallest absolute Gasteiger partial charge is 0.132 e. The molecule has 92 valence electrons. The Balaban J connectivity index is 2.06. The molecule has 0 bridgehead atoms. The first-order chi connectivity index (χ1) is 8.79. The molecule has 0 saturated carbocycles. The molecular weight excluding hydrogens is 228 g/mol. The zero-order valence-corrected chi connectivity index (χ0v) is 10.1. The van der Waals surface area contributed by atoms with E-state index in [9.17, 15) is 0 Å². The Hall–Kier alpha value is -2.43. The van der Waals surface area contributed by atoms with Crippen LogP contribution in [0.25, 0.3) is 0 Å². The van der Waals surface area contributed by atoms with Gasteiger partial charge in [-0.05, 0) is 36.2 Å². The van der Waals surface area contributed by atoms with Gasteiger partial charge in [0.15, 0.2) is 0 Å². The van der Waals surface area contributed by atoms with Crippen molar-refractivity contribution in [1.29, 1.82) is 0 Å². The average molecular weight is 242 g/mol. The lowest BCUT2D eigenvalue weighted by Crippen LogP contribution is -2.00. The summed E-state index contributed by atoms with van der Waals surface area (Å²) >= 11 is 0. The van der Waals surface area contributed by atoms with E-state index >= 15 is 0 Å².